The zero-order valence-corrected chi connectivity index (χ0v) is 8.50. The average molecular weight is 214 g/mol. The maximum absolute atomic E-state index is 11.3. The van der Waals surface area contributed by atoms with Crippen molar-refractivity contribution >= 4 is 17.4 Å². The minimum Gasteiger partial charge on any atom is -0.396 e. The second-order valence-electron chi connectivity index (χ2n) is 3.01. The fourth-order valence-corrected chi connectivity index (χ4v) is 1.31. The minimum absolute atomic E-state index is 0.0514. The first-order valence-electron chi connectivity index (χ1n) is 4.45. The minimum atomic E-state index is 0.0514. The van der Waals surface area contributed by atoms with Gasteiger partial charge in [0.05, 0.1) is 5.02 Å². The van der Waals surface area contributed by atoms with Crippen molar-refractivity contribution in [2.45, 2.75) is 19.3 Å². The van der Waals surface area contributed by atoms with Gasteiger partial charge in [0.1, 0.15) is 5.78 Å². The van der Waals surface area contributed by atoms with Crippen molar-refractivity contribution < 1.29 is 9.90 Å². The Hall–Kier alpha value is -0.930. The van der Waals surface area contributed by atoms with Gasteiger partial charge in [-0.25, -0.2) is 0 Å². The molecule has 1 rings (SSSR count). The van der Waals surface area contributed by atoms with Crippen LogP contribution in [0.25, 0.3) is 0 Å². The molecule has 0 atom stereocenters. The summed E-state index contributed by atoms with van der Waals surface area (Å²) >= 11 is 5.84. The molecule has 0 unspecified atom stereocenters. The summed E-state index contributed by atoms with van der Waals surface area (Å²) in [6.07, 6.45) is 4.37. The summed E-state index contributed by atoms with van der Waals surface area (Å²) in [5, 5.41) is 9.07. The molecule has 0 radical (unpaired) electrons. The number of ketones is 1. The third-order valence-corrected chi connectivity index (χ3v) is 2.20. The molecule has 4 heteroatoms. The van der Waals surface area contributed by atoms with Crippen molar-refractivity contribution in [2.24, 2.45) is 0 Å². The maximum Gasteiger partial charge on any atom is 0.137 e. The number of Topliss-reactive ketones (excluding diaryl/α,β-unsaturated/α-hetero) is 1. The topological polar surface area (TPSA) is 50.2 Å². The van der Waals surface area contributed by atoms with E-state index in [9.17, 15) is 4.79 Å². The first-order valence-corrected chi connectivity index (χ1v) is 4.83. The molecule has 0 fully saturated rings. The van der Waals surface area contributed by atoms with E-state index in [-0.39, 0.29) is 12.4 Å². The molecule has 0 aliphatic heterocycles. The Labute approximate surface area is 87.7 Å². The highest BCUT2D eigenvalue weighted by Gasteiger charge is 2.06. The van der Waals surface area contributed by atoms with Crippen molar-refractivity contribution in [3.05, 3.63) is 29.0 Å². The summed E-state index contributed by atoms with van der Waals surface area (Å²) in [4.78, 5) is 15.2. The van der Waals surface area contributed by atoms with Crippen LogP contribution < -0.4 is 0 Å². The summed E-state index contributed by atoms with van der Waals surface area (Å²) in [6, 6.07) is 1.74. The predicted octanol–water partition coefficient (Wildman–Crippen LogP) is 1.62. The third kappa shape index (κ3) is 3.44. The highest BCUT2D eigenvalue weighted by atomic mass is 35.5. The van der Waals surface area contributed by atoms with E-state index >= 15 is 0 Å². The van der Waals surface area contributed by atoms with Crippen molar-refractivity contribution in [1.29, 1.82) is 0 Å². The molecule has 1 heterocycles. The molecule has 0 saturated heterocycles. The van der Waals surface area contributed by atoms with Crippen LogP contribution in [0.4, 0.5) is 0 Å². The number of halogens is 1. The number of hydrogen-bond donors (Lipinski definition) is 1. The quantitative estimate of drug-likeness (QED) is 0.809. The van der Waals surface area contributed by atoms with Gasteiger partial charge in [-0.3, -0.25) is 9.78 Å². The van der Waals surface area contributed by atoms with Gasteiger partial charge in [0, 0.05) is 31.8 Å². The van der Waals surface area contributed by atoms with Gasteiger partial charge in [-0.1, -0.05) is 11.6 Å². The Morgan fingerprint density at radius 3 is 3.00 bits per heavy atom. The van der Waals surface area contributed by atoms with E-state index in [1.54, 1.807) is 12.3 Å². The van der Waals surface area contributed by atoms with Crippen molar-refractivity contribution in [1.82, 2.24) is 4.98 Å². The standard InChI is InChI=1S/C10H12ClNO2/c11-10-7-12-4-3-8(10)6-9(14)2-1-5-13/h3-4,7,13H,1-2,5-6H2. The van der Waals surface area contributed by atoms with Crippen LogP contribution in [0.3, 0.4) is 0 Å². The second kappa shape index (κ2) is 5.73. The SMILES string of the molecule is O=C(CCCO)Cc1ccncc1Cl. The number of aliphatic hydroxyl groups is 1. The normalized spacial score (nSPS) is 10.1. The van der Waals surface area contributed by atoms with Crippen LogP contribution in [0.5, 0.6) is 0 Å². The van der Waals surface area contributed by atoms with Crippen LogP contribution in [0.15, 0.2) is 18.5 Å². The number of pyridine rings is 1. The number of carbonyl (C=O) groups excluding carboxylic acids is 1. The number of carbonyl (C=O) groups is 1. The lowest BCUT2D eigenvalue weighted by Gasteiger charge is -2.01. The molecule has 1 N–H and O–H groups in total. The van der Waals surface area contributed by atoms with E-state index in [2.05, 4.69) is 4.98 Å². The molecule has 1 aromatic heterocycles. The molecule has 1 aromatic rings. The number of aliphatic hydroxyl groups excluding tert-OH is 1. The Kier molecular flexibility index (Phi) is 4.56. The lowest BCUT2D eigenvalue weighted by atomic mass is 10.1. The van der Waals surface area contributed by atoms with Gasteiger partial charge in [-0.15, -0.1) is 0 Å². The van der Waals surface area contributed by atoms with Crippen molar-refractivity contribution in [3.8, 4) is 0 Å². The molecular formula is C10H12ClNO2. The number of rotatable bonds is 5. The van der Waals surface area contributed by atoms with Gasteiger partial charge >= 0.3 is 0 Å². The van der Waals surface area contributed by atoms with Crippen LogP contribution in [-0.4, -0.2) is 22.5 Å². The Balaban J connectivity index is 2.52. The van der Waals surface area contributed by atoms with Gasteiger partial charge in [0.15, 0.2) is 0 Å². The zero-order valence-electron chi connectivity index (χ0n) is 7.74. The lowest BCUT2D eigenvalue weighted by Crippen LogP contribution is -2.04. The summed E-state index contributed by atoms with van der Waals surface area (Å²) in [5.41, 5.74) is 0.796. The van der Waals surface area contributed by atoms with E-state index in [4.69, 9.17) is 16.7 Å². The number of aromatic nitrogens is 1. The molecule has 0 amide bonds. The molecule has 0 saturated carbocycles. The fourth-order valence-electron chi connectivity index (χ4n) is 1.12. The van der Waals surface area contributed by atoms with E-state index in [0.717, 1.165) is 5.56 Å². The molecule has 3 nitrogen and oxygen atoms in total. The van der Waals surface area contributed by atoms with Crippen LogP contribution in [-0.2, 0) is 11.2 Å². The monoisotopic (exact) mass is 213 g/mol. The van der Waals surface area contributed by atoms with Crippen molar-refractivity contribution in [3.63, 3.8) is 0 Å². The molecule has 76 valence electrons. The van der Waals surface area contributed by atoms with E-state index in [1.165, 1.54) is 6.20 Å². The van der Waals surface area contributed by atoms with Gasteiger partial charge in [0.2, 0.25) is 0 Å². The number of nitrogens with zero attached hydrogens (tertiary/aromatic N) is 1. The largest absolute Gasteiger partial charge is 0.396 e. The highest BCUT2D eigenvalue weighted by molar-refractivity contribution is 6.31. The molecule has 0 spiro atoms. The molecular weight excluding hydrogens is 202 g/mol. The third-order valence-electron chi connectivity index (χ3n) is 1.86. The molecule has 0 aliphatic carbocycles. The van der Waals surface area contributed by atoms with Gasteiger partial charge < -0.3 is 5.11 Å². The lowest BCUT2D eigenvalue weighted by molar-refractivity contribution is -0.118. The Bertz CT molecular complexity index is 315. The van der Waals surface area contributed by atoms with Crippen LogP contribution in [0.1, 0.15) is 18.4 Å². The zero-order chi connectivity index (χ0) is 10.4. The average Bonchev–Trinajstić information content (AvgIpc) is 2.18. The maximum atomic E-state index is 11.3. The van der Waals surface area contributed by atoms with Gasteiger partial charge in [-0.05, 0) is 18.1 Å². The van der Waals surface area contributed by atoms with Crippen LogP contribution >= 0.6 is 11.6 Å². The van der Waals surface area contributed by atoms with Gasteiger partial charge in [0.25, 0.3) is 0 Å². The predicted molar refractivity (Wildman–Crippen MR) is 54.3 cm³/mol. The summed E-state index contributed by atoms with van der Waals surface area (Å²) in [7, 11) is 0. The Morgan fingerprint density at radius 1 is 1.57 bits per heavy atom. The van der Waals surface area contributed by atoms with Crippen LogP contribution in [0, 0.1) is 0 Å². The first kappa shape index (κ1) is 11.1. The van der Waals surface area contributed by atoms with Crippen molar-refractivity contribution in [2.75, 3.05) is 6.61 Å². The van der Waals surface area contributed by atoms with Gasteiger partial charge in [-0.2, -0.15) is 0 Å². The van der Waals surface area contributed by atoms with Crippen LogP contribution in [0.2, 0.25) is 5.02 Å². The van der Waals surface area contributed by atoms with E-state index in [1.807, 2.05) is 0 Å². The number of hydrogen-bond acceptors (Lipinski definition) is 3. The fraction of sp³-hybridized carbons (Fsp3) is 0.400. The highest BCUT2D eigenvalue weighted by Crippen LogP contribution is 2.14. The molecule has 0 aliphatic rings. The summed E-state index contributed by atoms with van der Waals surface area (Å²) < 4.78 is 0. The molecule has 0 aromatic carbocycles. The molecule has 0 bridgehead atoms. The first-order chi connectivity index (χ1) is 6.74. The van der Waals surface area contributed by atoms with E-state index in [0.29, 0.717) is 24.3 Å². The molecule has 14 heavy (non-hydrogen) atoms. The Morgan fingerprint density at radius 2 is 2.36 bits per heavy atom. The second-order valence-corrected chi connectivity index (χ2v) is 3.42. The smallest absolute Gasteiger partial charge is 0.137 e. The summed E-state index contributed by atoms with van der Waals surface area (Å²) in [6.45, 7) is 0.0514. The van der Waals surface area contributed by atoms with E-state index < -0.39 is 0 Å². The summed E-state index contributed by atoms with van der Waals surface area (Å²) in [5.74, 6) is 0.0900.